The lowest BCUT2D eigenvalue weighted by atomic mass is 9.86. The van der Waals surface area contributed by atoms with Gasteiger partial charge in [0.2, 0.25) is 0 Å². The standard InChI is InChI=1S/C16H33NO/c1-2-3-4-5-6-7-8-9-11-16(17)12-10-14-18-15-13-16/h2-15,17H2,1H3. The lowest BCUT2D eigenvalue weighted by Gasteiger charge is -2.27. The topological polar surface area (TPSA) is 35.2 Å². The van der Waals surface area contributed by atoms with Crippen LogP contribution >= 0.6 is 0 Å². The fourth-order valence-corrected chi connectivity index (χ4v) is 2.89. The lowest BCUT2D eigenvalue weighted by molar-refractivity contribution is 0.138. The molecule has 1 atom stereocenters. The second-order valence-corrected chi connectivity index (χ2v) is 6.05. The van der Waals surface area contributed by atoms with Gasteiger partial charge in [-0.2, -0.15) is 0 Å². The molecule has 1 aliphatic rings. The van der Waals surface area contributed by atoms with E-state index in [9.17, 15) is 0 Å². The van der Waals surface area contributed by atoms with Crippen LogP contribution in [0.3, 0.4) is 0 Å². The van der Waals surface area contributed by atoms with Gasteiger partial charge in [-0.3, -0.25) is 0 Å². The molecule has 0 aromatic carbocycles. The summed E-state index contributed by atoms with van der Waals surface area (Å²) >= 11 is 0. The highest BCUT2D eigenvalue weighted by Crippen LogP contribution is 2.25. The summed E-state index contributed by atoms with van der Waals surface area (Å²) in [7, 11) is 0. The van der Waals surface area contributed by atoms with E-state index in [1.165, 1.54) is 57.8 Å². The Bertz CT molecular complexity index is 186. The first-order chi connectivity index (χ1) is 8.77. The average Bonchev–Trinajstić information content (AvgIpc) is 2.58. The van der Waals surface area contributed by atoms with Crippen molar-refractivity contribution in [2.45, 2.75) is 89.5 Å². The van der Waals surface area contributed by atoms with E-state index >= 15 is 0 Å². The molecule has 0 amide bonds. The fourth-order valence-electron chi connectivity index (χ4n) is 2.89. The van der Waals surface area contributed by atoms with Gasteiger partial charge >= 0.3 is 0 Å². The van der Waals surface area contributed by atoms with Crippen molar-refractivity contribution < 1.29 is 4.74 Å². The SMILES string of the molecule is CCCCCCCCCCC1(N)CCCOCC1. The van der Waals surface area contributed by atoms with Gasteiger partial charge in [-0.05, 0) is 25.7 Å². The molecule has 2 N–H and O–H groups in total. The highest BCUT2D eigenvalue weighted by molar-refractivity contribution is 4.85. The zero-order valence-corrected chi connectivity index (χ0v) is 12.4. The Labute approximate surface area is 114 Å². The van der Waals surface area contributed by atoms with Crippen molar-refractivity contribution in [3.8, 4) is 0 Å². The van der Waals surface area contributed by atoms with Crippen molar-refractivity contribution in [1.29, 1.82) is 0 Å². The van der Waals surface area contributed by atoms with Gasteiger partial charge in [0, 0.05) is 18.8 Å². The number of nitrogens with two attached hydrogens (primary N) is 1. The summed E-state index contributed by atoms with van der Waals surface area (Å²) < 4.78 is 5.49. The number of hydrogen-bond donors (Lipinski definition) is 1. The van der Waals surface area contributed by atoms with Crippen LogP contribution in [0.4, 0.5) is 0 Å². The van der Waals surface area contributed by atoms with Crippen LogP contribution in [0.25, 0.3) is 0 Å². The molecule has 0 spiro atoms. The molecule has 0 radical (unpaired) electrons. The summed E-state index contributed by atoms with van der Waals surface area (Å²) in [6, 6.07) is 0. The van der Waals surface area contributed by atoms with Gasteiger partial charge in [0.05, 0.1) is 0 Å². The maximum Gasteiger partial charge on any atom is 0.0483 e. The molecule has 0 bridgehead atoms. The highest BCUT2D eigenvalue weighted by Gasteiger charge is 2.25. The molecule has 2 nitrogen and oxygen atoms in total. The maximum atomic E-state index is 6.46. The summed E-state index contributed by atoms with van der Waals surface area (Å²) in [6.45, 7) is 4.06. The van der Waals surface area contributed by atoms with Crippen LogP contribution < -0.4 is 5.73 Å². The van der Waals surface area contributed by atoms with Crippen molar-refractivity contribution >= 4 is 0 Å². The molecule has 0 saturated carbocycles. The first kappa shape index (κ1) is 16.0. The quantitative estimate of drug-likeness (QED) is 0.619. The zero-order chi connectivity index (χ0) is 13.1. The van der Waals surface area contributed by atoms with E-state index in [4.69, 9.17) is 10.5 Å². The number of rotatable bonds is 9. The van der Waals surface area contributed by atoms with Gasteiger partial charge in [0.25, 0.3) is 0 Å². The Morgan fingerprint density at radius 3 is 2.28 bits per heavy atom. The molecule has 108 valence electrons. The first-order valence-electron chi connectivity index (χ1n) is 8.13. The van der Waals surface area contributed by atoms with Crippen molar-refractivity contribution in [3.63, 3.8) is 0 Å². The highest BCUT2D eigenvalue weighted by atomic mass is 16.5. The smallest absolute Gasteiger partial charge is 0.0483 e. The molecule has 1 rings (SSSR count). The second-order valence-electron chi connectivity index (χ2n) is 6.05. The Balaban J connectivity index is 1.95. The van der Waals surface area contributed by atoms with E-state index in [-0.39, 0.29) is 5.54 Å². The third-order valence-electron chi connectivity index (χ3n) is 4.24. The van der Waals surface area contributed by atoms with Crippen LogP contribution in [0.15, 0.2) is 0 Å². The van der Waals surface area contributed by atoms with E-state index in [1.54, 1.807) is 0 Å². The van der Waals surface area contributed by atoms with Crippen LogP contribution in [0.1, 0.15) is 84.0 Å². The predicted molar refractivity (Wildman–Crippen MR) is 78.8 cm³/mol. The van der Waals surface area contributed by atoms with Crippen molar-refractivity contribution in [2.24, 2.45) is 5.73 Å². The molecule has 2 heteroatoms. The fraction of sp³-hybridized carbons (Fsp3) is 1.00. The summed E-state index contributed by atoms with van der Waals surface area (Å²) in [5.74, 6) is 0. The van der Waals surface area contributed by atoms with Gasteiger partial charge < -0.3 is 10.5 Å². The normalized spacial score (nSPS) is 25.0. The van der Waals surface area contributed by atoms with Gasteiger partial charge in [-0.1, -0.05) is 58.3 Å². The minimum atomic E-state index is 0.0821. The molecule has 18 heavy (non-hydrogen) atoms. The summed E-state index contributed by atoms with van der Waals surface area (Å²) in [4.78, 5) is 0. The maximum absolute atomic E-state index is 6.46. The molecule has 1 heterocycles. The monoisotopic (exact) mass is 255 g/mol. The Hall–Kier alpha value is -0.0800. The average molecular weight is 255 g/mol. The Morgan fingerprint density at radius 1 is 0.889 bits per heavy atom. The molecule has 1 fully saturated rings. The molecule has 0 aromatic heterocycles. The van der Waals surface area contributed by atoms with E-state index in [0.717, 1.165) is 32.5 Å². The summed E-state index contributed by atoms with van der Waals surface area (Å²) in [6.07, 6.45) is 15.7. The number of hydrogen-bond acceptors (Lipinski definition) is 2. The van der Waals surface area contributed by atoms with Crippen molar-refractivity contribution in [3.05, 3.63) is 0 Å². The van der Waals surface area contributed by atoms with Crippen LogP contribution in [0.5, 0.6) is 0 Å². The molecule has 1 aliphatic heterocycles. The lowest BCUT2D eigenvalue weighted by Crippen LogP contribution is -2.39. The molecule has 0 aliphatic carbocycles. The molecule has 0 aromatic rings. The minimum Gasteiger partial charge on any atom is -0.381 e. The predicted octanol–water partition coefficient (Wildman–Crippen LogP) is 4.42. The van der Waals surface area contributed by atoms with Crippen LogP contribution in [-0.2, 0) is 4.74 Å². The molecular weight excluding hydrogens is 222 g/mol. The van der Waals surface area contributed by atoms with E-state index in [1.807, 2.05) is 0 Å². The molecular formula is C16H33NO. The van der Waals surface area contributed by atoms with Crippen molar-refractivity contribution in [2.75, 3.05) is 13.2 Å². The Kier molecular flexibility index (Phi) is 8.70. The number of unbranched alkanes of at least 4 members (excludes halogenated alkanes) is 7. The molecule has 1 saturated heterocycles. The molecule has 1 unspecified atom stereocenters. The third-order valence-corrected chi connectivity index (χ3v) is 4.24. The van der Waals surface area contributed by atoms with E-state index in [0.29, 0.717) is 0 Å². The van der Waals surface area contributed by atoms with Gasteiger partial charge in [-0.25, -0.2) is 0 Å². The van der Waals surface area contributed by atoms with E-state index < -0.39 is 0 Å². The minimum absolute atomic E-state index is 0.0821. The van der Waals surface area contributed by atoms with Gasteiger partial charge in [-0.15, -0.1) is 0 Å². The van der Waals surface area contributed by atoms with Crippen LogP contribution in [-0.4, -0.2) is 18.8 Å². The number of ether oxygens (including phenoxy) is 1. The summed E-state index contributed by atoms with van der Waals surface area (Å²) in [5, 5.41) is 0. The van der Waals surface area contributed by atoms with Crippen LogP contribution in [0.2, 0.25) is 0 Å². The van der Waals surface area contributed by atoms with E-state index in [2.05, 4.69) is 6.92 Å². The summed E-state index contributed by atoms with van der Waals surface area (Å²) in [5.41, 5.74) is 6.54. The largest absolute Gasteiger partial charge is 0.381 e. The van der Waals surface area contributed by atoms with Gasteiger partial charge in [0.1, 0.15) is 0 Å². The van der Waals surface area contributed by atoms with Crippen molar-refractivity contribution in [1.82, 2.24) is 0 Å². The first-order valence-corrected chi connectivity index (χ1v) is 8.13. The zero-order valence-electron chi connectivity index (χ0n) is 12.4. The van der Waals surface area contributed by atoms with Crippen LogP contribution in [0, 0.1) is 0 Å². The Morgan fingerprint density at radius 2 is 1.56 bits per heavy atom. The second kappa shape index (κ2) is 9.80. The van der Waals surface area contributed by atoms with Gasteiger partial charge in [0.15, 0.2) is 0 Å². The third kappa shape index (κ3) is 7.38.